The third-order valence-electron chi connectivity index (χ3n) is 13.4. The molecule has 0 fully saturated rings. The molecule has 26 heteroatoms. The zero-order valence-electron chi connectivity index (χ0n) is 82.7. The van der Waals surface area contributed by atoms with E-state index >= 15 is 0 Å². The van der Waals surface area contributed by atoms with Crippen molar-refractivity contribution in [1.29, 1.82) is 0 Å². The highest BCUT2D eigenvalue weighted by Gasteiger charge is 2.18. The van der Waals surface area contributed by atoms with Gasteiger partial charge in [-0.3, -0.25) is 19.2 Å². The predicted molar refractivity (Wildman–Crippen MR) is 491 cm³/mol. The number of Topliss-reactive ketones (excluding diaryl/α,β-unsaturated/α-hetero) is 2. The minimum atomic E-state index is -3.04. The maximum Gasteiger partial charge on any atom is 0.407 e. The molecule has 0 aliphatic heterocycles. The van der Waals surface area contributed by atoms with Crippen molar-refractivity contribution in [3.63, 3.8) is 0 Å². The molecule has 0 spiro atoms. The van der Waals surface area contributed by atoms with Crippen LogP contribution in [0.1, 0.15) is 350 Å². The Morgan fingerprint density at radius 1 is 0.339 bits per heavy atom. The van der Waals surface area contributed by atoms with Crippen LogP contribution in [0.15, 0.2) is 0 Å². The lowest BCUT2D eigenvalue weighted by molar-refractivity contribution is -0.148. The quantitative estimate of drug-likeness (QED) is 0.0246. The molecule has 0 unspecified atom stereocenters. The van der Waals surface area contributed by atoms with E-state index in [0.717, 1.165) is 57.7 Å². The fourth-order valence-corrected chi connectivity index (χ4v) is 11.6. The van der Waals surface area contributed by atoms with Gasteiger partial charge in [0.25, 0.3) is 0 Å². The van der Waals surface area contributed by atoms with Crippen LogP contribution in [0, 0.1) is 88.8 Å². The van der Waals surface area contributed by atoms with Crippen molar-refractivity contribution < 1.29 is 77.8 Å². The van der Waals surface area contributed by atoms with Crippen molar-refractivity contribution in [2.75, 3.05) is 56.7 Å². The summed E-state index contributed by atoms with van der Waals surface area (Å²) in [6.45, 7) is 91.0. The normalized spacial score (nSPS) is 11.3. The monoisotopic (exact) mass is 1710 g/mol. The number of ether oxygens (including phenoxy) is 4. The van der Waals surface area contributed by atoms with E-state index in [1.165, 1.54) is 6.42 Å². The summed E-state index contributed by atoms with van der Waals surface area (Å²) in [6.07, 6.45) is 5.50. The maximum atomic E-state index is 11.3. The Kier molecular flexibility index (Phi) is 94.4. The van der Waals surface area contributed by atoms with Crippen molar-refractivity contribution >= 4 is 71.4 Å². The molecule has 0 atom stereocenters. The molecular formula is C89H192N6O17S3. The molecule has 0 heterocycles. The fourth-order valence-electron chi connectivity index (χ4n) is 7.25. The Bertz CT molecular complexity index is 2430. The highest BCUT2D eigenvalue weighted by molar-refractivity contribution is 7.92. The van der Waals surface area contributed by atoms with Gasteiger partial charge in [-0.15, -0.1) is 0 Å². The highest BCUT2D eigenvalue weighted by atomic mass is 32.2. The van der Waals surface area contributed by atoms with E-state index in [4.69, 9.17) is 18.9 Å². The second kappa shape index (κ2) is 80.9. The Balaban J connectivity index is -0.000000115. The molecule has 0 aromatic heterocycles. The van der Waals surface area contributed by atoms with Gasteiger partial charge in [0.05, 0.1) is 52.7 Å². The van der Waals surface area contributed by atoms with Gasteiger partial charge in [0.15, 0.2) is 19.7 Å². The van der Waals surface area contributed by atoms with Gasteiger partial charge >= 0.3 is 24.2 Å². The minimum absolute atomic E-state index is 0.0197. The Labute approximate surface area is 712 Å². The van der Waals surface area contributed by atoms with E-state index in [1.54, 1.807) is 27.7 Å². The van der Waals surface area contributed by atoms with E-state index in [1.807, 2.05) is 180 Å². The second-order valence-corrected chi connectivity index (χ2v) is 44.7. The van der Waals surface area contributed by atoms with Crippen LogP contribution >= 0.6 is 0 Å². The molecule has 6 N–H and O–H groups in total. The largest absolute Gasteiger partial charge is 0.463 e. The number of urea groups is 1. The number of ketones is 2. The van der Waals surface area contributed by atoms with Gasteiger partial charge < -0.3 is 45.5 Å². The lowest BCUT2D eigenvalue weighted by atomic mass is 10.00. The topological polar surface area (TPSA) is 331 Å². The Hall–Kier alpha value is -4.14. The number of hydrogen-bond donors (Lipinski definition) is 6. The van der Waals surface area contributed by atoms with E-state index in [9.17, 15) is 58.8 Å². The SMILES string of the molecule is CC(C)CC(=O)CC(C)C.CC(C)CC(=O)OC(C)C.CC(C)CCC(=O)C(C)C.CC(C)CCOC(C)C.CC(C)CCS(=O)(=O)C(C)C.CC(C)CNC(=O)C(C)C.CC(C)CNC(=O)NC(C)C.CC(C)CNC(=O)OC(C)C.CC(C)CNS(=O)(=O)C(C)C.CC(C)COC(=O)NC(C)C.CC(C)CS(=O)(=O)CC(C)C. The Morgan fingerprint density at radius 2 is 0.722 bits per heavy atom. The highest BCUT2D eigenvalue weighted by Crippen LogP contribution is 2.12. The summed E-state index contributed by atoms with van der Waals surface area (Å²) in [5, 5.41) is 13.1. The van der Waals surface area contributed by atoms with Crippen LogP contribution in [0.4, 0.5) is 14.4 Å². The number of rotatable bonds is 39. The second-order valence-electron chi connectivity index (χ2n) is 37.5. The van der Waals surface area contributed by atoms with Gasteiger partial charge in [-0.2, -0.15) is 0 Å². The maximum absolute atomic E-state index is 11.3. The number of nitrogens with one attached hydrogen (secondary N) is 6. The smallest absolute Gasteiger partial charge is 0.407 e. The van der Waals surface area contributed by atoms with Crippen LogP contribution in [0.3, 0.4) is 0 Å². The molecule has 0 bridgehead atoms. The first-order valence-corrected chi connectivity index (χ1v) is 48.4. The van der Waals surface area contributed by atoms with Crippen LogP contribution in [-0.4, -0.2) is 164 Å². The molecular weight excluding hydrogens is 1520 g/mol. The summed E-state index contributed by atoms with van der Waals surface area (Å²) in [7, 11) is -8.62. The molecule has 0 aliphatic carbocycles. The van der Waals surface area contributed by atoms with Gasteiger partial charge in [-0.25, -0.2) is 44.4 Å². The zero-order chi connectivity index (χ0) is 93.6. The number of sulfonamides is 1. The molecule has 0 aromatic rings. The first-order chi connectivity index (χ1) is 51.9. The van der Waals surface area contributed by atoms with Crippen LogP contribution in [0.5, 0.6) is 0 Å². The third-order valence-corrected chi connectivity index (χ3v) is 19.8. The van der Waals surface area contributed by atoms with Crippen LogP contribution in [0.2, 0.25) is 0 Å². The summed E-state index contributed by atoms with van der Waals surface area (Å²) in [6, 6.07) is 0.283. The van der Waals surface area contributed by atoms with Crippen LogP contribution in [0.25, 0.3) is 0 Å². The third kappa shape index (κ3) is 136. The lowest BCUT2D eigenvalue weighted by Crippen LogP contribution is -2.40. The van der Waals surface area contributed by atoms with Gasteiger partial charge in [0.1, 0.15) is 11.6 Å². The van der Waals surface area contributed by atoms with E-state index in [0.29, 0.717) is 120 Å². The van der Waals surface area contributed by atoms with Gasteiger partial charge in [0.2, 0.25) is 15.9 Å². The van der Waals surface area contributed by atoms with Crippen molar-refractivity contribution in [1.82, 2.24) is 31.3 Å². The van der Waals surface area contributed by atoms with Crippen molar-refractivity contribution in [2.24, 2.45) is 88.8 Å². The van der Waals surface area contributed by atoms with Crippen molar-refractivity contribution in [3.05, 3.63) is 0 Å². The van der Waals surface area contributed by atoms with Crippen molar-refractivity contribution in [3.8, 4) is 0 Å². The molecule has 5 amide bonds. The summed E-state index contributed by atoms with van der Waals surface area (Å²) >= 11 is 0. The minimum Gasteiger partial charge on any atom is -0.463 e. The molecule has 698 valence electrons. The average Bonchev–Trinajstić information content (AvgIpc) is 0.919. The molecule has 0 saturated carbocycles. The standard InChI is InChI=1S/2C9H18O.C8H18N2O.2C8H17NO2.C8H17NO.2C8H18O2S.C8H16O2.C8H18O.C7H17NO2S/c1-7(2)5-9(10)6-8(3)4;1-7(2)5-6-9(10)8(3)4;1-6(2)5-9-8(11)10-7(3)4;1-6(2)5-11-8(10)9-7(3)4;1-6(2)5-9-8(10)11-7(3)4;1-6(2)5-9-8(10)7(3)4;1-7(2)5-11(9,10)6-8(3)4;1-7(2)5-6-11(9,10)8(3)4;1-6(2)5-8(9)10-7(3)4;1-7(2)5-6-9-8(3)4;1-6(2)5-8-11(9,10)7(3)4/h2*7-8H,5-6H2,1-4H3;6-7H,5H2,1-4H3,(H2,9,10,11);2*6-7H,5H2,1-4H3,(H,9,10);6-7H,5H2,1-4H3,(H,9,10);2*7-8H,5-6H2,1-4H3;6-7H,5H2,1-4H3;7-8H,5-6H2,1-4H3;6-8H,5H2,1-4H3. The Morgan fingerprint density at radius 3 is 1.02 bits per heavy atom. The van der Waals surface area contributed by atoms with E-state index in [2.05, 4.69) is 128 Å². The molecule has 0 aliphatic rings. The van der Waals surface area contributed by atoms with E-state index < -0.39 is 29.7 Å². The number of amides is 5. The number of esters is 1. The number of carbonyl (C=O) groups excluding carboxylic acids is 7. The zero-order valence-corrected chi connectivity index (χ0v) is 85.1. The molecule has 0 saturated heterocycles. The summed E-state index contributed by atoms with van der Waals surface area (Å²) in [4.78, 5) is 76.5. The predicted octanol–water partition coefficient (Wildman–Crippen LogP) is 20.6. The van der Waals surface area contributed by atoms with Gasteiger partial charge in [0, 0.05) is 82.4 Å². The number of hydrogen-bond acceptors (Lipinski definition) is 17. The van der Waals surface area contributed by atoms with Crippen LogP contribution in [-0.2, 0) is 67.8 Å². The molecule has 0 aromatic carbocycles. The number of alkyl carbamates (subject to hydrolysis) is 2. The summed E-state index contributed by atoms with van der Waals surface area (Å²) in [5.74, 6) is 8.28. The fraction of sp³-hybridized carbons (Fsp3) is 0.921. The van der Waals surface area contributed by atoms with Crippen LogP contribution < -0.4 is 31.3 Å². The molecule has 0 radical (unpaired) electrons. The van der Waals surface area contributed by atoms with E-state index in [-0.39, 0.29) is 88.6 Å². The van der Waals surface area contributed by atoms with Gasteiger partial charge in [-0.1, -0.05) is 208 Å². The number of sulfone groups is 2. The summed E-state index contributed by atoms with van der Waals surface area (Å²) in [5.41, 5.74) is 0. The first-order valence-electron chi connectivity index (χ1n) is 43.3. The summed E-state index contributed by atoms with van der Waals surface area (Å²) < 4.78 is 89.7. The lowest BCUT2D eigenvalue weighted by Gasteiger charge is -2.11. The van der Waals surface area contributed by atoms with Crippen molar-refractivity contribution in [2.45, 2.75) is 390 Å². The molecule has 0 rings (SSSR count). The average molecular weight is 1710 g/mol. The first kappa shape index (κ1) is 134. The number of carbonyl (C=O) groups is 7. The molecule has 115 heavy (non-hydrogen) atoms. The molecule has 23 nitrogen and oxygen atoms in total. The van der Waals surface area contributed by atoms with Gasteiger partial charge in [-0.05, 0) is 193 Å².